The highest BCUT2D eigenvalue weighted by atomic mass is 16.1. The maximum atomic E-state index is 12.0. The van der Waals surface area contributed by atoms with Gasteiger partial charge in [-0.05, 0) is 49.6 Å². The van der Waals surface area contributed by atoms with Gasteiger partial charge >= 0.3 is 0 Å². The van der Waals surface area contributed by atoms with Crippen molar-refractivity contribution in [1.82, 2.24) is 10.2 Å². The van der Waals surface area contributed by atoms with Gasteiger partial charge in [0.05, 0.1) is 0 Å². The minimum Gasteiger partial charge on any atom is -0.369 e. The van der Waals surface area contributed by atoms with E-state index in [0.29, 0.717) is 6.42 Å². The first kappa shape index (κ1) is 19.4. The molecule has 0 unspecified atom stereocenters. The van der Waals surface area contributed by atoms with Crippen molar-refractivity contribution in [2.75, 3.05) is 44.2 Å². The predicted molar refractivity (Wildman–Crippen MR) is 112 cm³/mol. The van der Waals surface area contributed by atoms with Gasteiger partial charge in [0.2, 0.25) is 5.91 Å². The Balaban J connectivity index is 1.27. The summed E-state index contributed by atoms with van der Waals surface area (Å²) in [6, 6.07) is 18.9. The molecule has 0 aromatic heterocycles. The van der Waals surface area contributed by atoms with Crippen LogP contribution >= 0.6 is 0 Å². The minimum absolute atomic E-state index is 0.156. The van der Waals surface area contributed by atoms with Crippen LogP contribution in [0.3, 0.4) is 0 Å². The second-order valence-corrected chi connectivity index (χ2v) is 7.36. The number of carbonyl (C=O) groups excluding carboxylic acids is 1. The third-order valence-electron chi connectivity index (χ3n) is 5.20. The Morgan fingerprint density at radius 1 is 1.00 bits per heavy atom. The topological polar surface area (TPSA) is 35.6 Å². The van der Waals surface area contributed by atoms with E-state index in [4.69, 9.17) is 0 Å². The maximum absolute atomic E-state index is 12.0. The van der Waals surface area contributed by atoms with Crippen LogP contribution in [0, 0.1) is 6.92 Å². The van der Waals surface area contributed by atoms with Crippen LogP contribution in [-0.4, -0.2) is 50.1 Å². The summed E-state index contributed by atoms with van der Waals surface area (Å²) in [5.41, 5.74) is 3.87. The monoisotopic (exact) mass is 365 g/mol. The van der Waals surface area contributed by atoms with E-state index >= 15 is 0 Å². The van der Waals surface area contributed by atoms with E-state index in [9.17, 15) is 4.79 Å². The van der Waals surface area contributed by atoms with Gasteiger partial charge in [0.15, 0.2) is 0 Å². The highest BCUT2D eigenvalue weighted by Crippen LogP contribution is 2.17. The van der Waals surface area contributed by atoms with Gasteiger partial charge in [-0.15, -0.1) is 0 Å². The molecule has 2 aromatic rings. The largest absolute Gasteiger partial charge is 0.369 e. The molecule has 1 aliphatic rings. The Hall–Kier alpha value is -2.33. The lowest BCUT2D eigenvalue weighted by Gasteiger charge is -2.36. The van der Waals surface area contributed by atoms with E-state index in [1.165, 1.54) is 16.8 Å². The number of hydrogen-bond donors (Lipinski definition) is 1. The summed E-state index contributed by atoms with van der Waals surface area (Å²) < 4.78 is 0. The van der Waals surface area contributed by atoms with Crippen molar-refractivity contribution in [2.24, 2.45) is 0 Å². The minimum atomic E-state index is 0.156. The summed E-state index contributed by atoms with van der Waals surface area (Å²) in [6.45, 7) is 8.31. The molecule has 1 heterocycles. The van der Waals surface area contributed by atoms with E-state index < -0.39 is 0 Å². The van der Waals surface area contributed by atoms with Crippen LogP contribution in [0.4, 0.5) is 5.69 Å². The van der Waals surface area contributed by atoms with Gasteiger partial charge < -0.3 is 10.2 Å². The Morgan fingerprint density at radius 2 is 1.78 bits per heavy atom. The summed E-state index contributed by atoms with van der Waals surface area (Å²) in [7, 11) is 0. The molecule has 1 fully saturated rings. The predicted octanol–water partition coefficient (Wildman–Crippen LogP) is 3.26. The molecule has 0 atom stereocenters. The zero-order chi connectivity index (χ0) is 18.9. The highest BCUT2D eigenvalue weighted by Gasteiger charge is 2.16. The molecule has 1 amide bonds. The molecule has 0 radical (unpaired) electrons. The van der Waals surface area contributed by atoms with Crippen LogP contribution in [0.1, 0.15) is 24.0 Å². The zero-order valence-corrected chi connectivity index (χ0v) is 16.4. The standard InChI is InChI=1S/C23H31N3O/c1-20-7-5-10-22(19-20)26-17-15-25(16-18-26)14-6-13-24-23(27)12-11-21-8-3-2-4-9-21/h2-5,7-10,19H,6,11-18H2,1H3,(H,24,27). The fourth-order valence-electron chi connectivity index (χ4n) is 3.58. The first-order chi connectivity index (χ1) is 13.2. The number of anilines is 1. The summed E-state index contributed by atoms with van der Waals surface area (Å²) in [5.74, 6) is 0.156. The normalized spacial score (nSPS) is 14.9. The SMILES string of the molecule is Cc1cccc(N2CCN(CCCNC(=O)CCc3ccccc3)CC2)c1. The molecular formula is C23H31N3O. The molecule has 144 valence electrons. The fourth-order valence-corrected chi connectivity index (χ4v) is 3.58. The van der Waals surface area contributed by atoms with Crippen LogP contribution in [-0.2, 0) is 11.2 Å². The molecule has 4 heteroatoms. The smallest absolute Gasteiger partial charge is 0.220 e. The third kappa shape index (κ3) is 6.40. The number of carbonyl (C=O) groups is 1. The van der Waals surface area contributed by atoms with E-state index in [2.05, 4.69) is 58.4 Å². The molecule has 3 rings (SSSR count). The van der Waals surface area contributed by atoms with Crippen LogP contribution in [0.15, 0.2) is 54.6 Å². The Morgan fingerprint density at radius 3 is 2.52 bits per heavy atom. The molecular weight excluding hydrogens is 334 g/mol. The van der Waals surface area contributed by atoms with Crippen LogP contribution in [0.5, 0.6) is 0 Å². The van der Waals surface area contributed by atoms with Crippen LogP contribution in [0.25, 0.3) is 0 Å². The number of amides is 1. The van der Waals surface area contributed by atoms with Crippen molar-refractivity contribution in [1.29, 1.82) is 0 Å². The molecule has 4 nitrogen and oxygen atoms in total. The van der Waals surface area contributed by atoms with Gasteiger partial charge in [0.1, 0.15) is 0 Å². The average Bonchev–Trinajstić information content (AvgIpc) is 2.71. The van der Waals surface area contributed by atoms with Crippen molar-refractivity contribution in [3.63, 3.8) is 0 Å². The molecule has 0 bridgehead atoms. The van der Waals surface area contributed by atoms with Gasteiger partial charge in [0, 0.05) is 44.8 Å². The summed E-state index contributed by atoms with van der Waals surface area (Å²) in [5, 5.41) is 3.06. The van der Waals surface area contributed by atoms with Crippen LogP contribution in [0.2, 0.25) is 0 Å². The molecule has 0 aliphatic carbocycles. The highest BCUT2D eigenvalue weighted by molar-refractivity contribution is 5.76. The number of nitrogens with zero attached hydrogens (tertiary/aromatic N) is 2. The van der Waals surface area contributed by atoms with Crippen LogP contribution < -0.4 is 10.2 Å². The number of piperazine rings is 1. The van der Waals surface area contributed by atoms with Gasteiger partial charge in [0.25, 0.3) is 0 Å². The first-order valence-corrected chi connectivity index (χ1v) is 10.1. The van der Waals surface area contributed by atoms with Crippen molar-refractivity contribution < 1.29 is 4.79 Å². The quantitative estimate of drug-likeness (QED) is 0.730. The number of hydrogen-bond acceptors (Lipinski definition) is 3. The molecule has 27 heavy (non-hydrogen) atoms. The fraction of sp³-hybridized carbons (Fsp3) is 0.435. The Labute approximate surface area is 163 Å². The zero-order valence-electron chi connectivity index (χ0n) is 16.4. The average molecular weight is 366 g/mol. The second-order valence-electron chi connectivity index (χ2n) is 7.36. The van der Waals surface area contributed by atoms with E-state index in [1.807, 2.05) is 18.2 Å². The molecule has 1 aliphatic heterocycles. The lowest BCUT2D eigenvalue weighted by Crippen LogP contribution is -2.47. The molecule has 2 aromatic carbocycles. The van der Waals surface area contributed by atoms with Gasteiger partial charge in [-0.2, -0.15) is 0 Å². The van der Waals surface area contributed by atoms with Gasteiger partial charge in [-0.25, -0.2) is 0 Å². The second kappa shape index (κ2) is 10.1. The Kier molecular flexibility index (Phi) is 7.28. The van der Waals surface area contributed by atoms with Crippen molar-refractivity contribution >= 4 is 11.6 Å². The summed E-state index contributed by atoms with van der Waals surface area (Å²) in [6.07, 6.45) is 2.40. The lowest BCUT2D eigenvalue weighted by atomic mass is 10.1. The lowest BCUT2D eigenvalue weighted by molar-refractivity contribution is -0.121. The van der Waals surface area contributed by atoms with Crippen molar-refractivity contribution in [3.8, 4) is 0 Å². The number of rotatable bonds is 8. The number of benzene rings is 2. The van der Waals surface area contributed by atoms with Crippen molar-refractivity contribution in [3.05, 3.63) is 65.7 Å². The molecule has 0 spiro atoms. The maximum Gasteiger partial charge on any atom is 0.220 e. The van der Waals surface area contributed by atoms with E-state index in [-0.39, 0.29) is 5.91 Å². The van der Waals surface area contributed by atoms with Gasteiger partial charge in [-0.3, -0.25) is 9.69 Å². The first-order valence-electron chi connectivity index (χ1n) is 10.1. The van der Waals surface area contributed by atoms with Gasteiger partial charge in [-0.1, -0.05) is 42.5 Å². The van der Waals surface area contributed by atoms with Crippen molar-refractivity contribution in [2.45, 2.75) is 26.2 Å². The summed E-state index contributed by atoms with van der Waals surface area (Å²) >= 11 is 0. The molecule has 1 N–H and O–H groups in total. The van der Waals surface area contributed by atoms with E-state index in [1.54, 1.807) is 0 Å². The molecule has 1 saturated heterocycles. The summed E-state index contributed by atoms with van der Waals surface area (Å²) in [4.78, 5) is 16.9. The molecule has 0 saturated carbocycles. The Bertz CT molecular complexity index is 709. The number of aryl methyl sites for hydroxylation is 2. The van der Waals surface area contributed by atoms with E-state index in [0.717, 1.165) is 52.1 Å². The number of nitrogens with one attached hydrogen (secondary N) is 1. The third-order valence-corrected chi connectivity index (χ3v) is 5.20.